The molecule has 0 fully saturated rings. The summed E-state index contributed by atoms with van der Waals surface area (Å²) >= 11 is 0. The molecule has 20 heavy (non-hydrogen) atoms. The van der Waals surface area contributed by atoms with E-state index in [9.17, 15) is 18.8 Å². The first kappa shape index (κ1) is 14.2. The summed E-state index contributed by atoms with van der Waals surface area (Å²) in [6, 6.07) is 6.96. The van der Waals surface area contributed by atoms with Gasteiger partial charge >= 0.3 is 0 Å². The second kappa shape index (κ2) is 5.40. The van der Waals surface area contributed by atoms with E-state index in [0.717, 1.165) is 10.5 Å². The van der Waals surface area contributed by atoms with E-state index in [1.54, 1.807) is 24.3 Å². The van der Waals surface area contributed by atoms with Crippen molar-refractivity contribution < 1.29 is 18.8 Å². The van der Waals surface area contributed by atoms with E-state index in [-0.39, 0.29) is 31.7 Å². The normalized spacial score (nSPS) is 16.5. The molecular formula is C14H15FN2O3. The molecule has 6 heteroatoms. The number of rotatable bonds is 5. The highest BCUT2D eigenvalue weighted by atomic mass is 19.1. The lowest BCUT2D eigenvalue weighted by atomic mass is 10.1. The van der Waals surface area contributed by atoms with Crippen molar-refractivity contribution in [1.82, 2.24) is 10.2 Å². The lowest BCUT2D eigenvalue weighted by molar-refractivity contribution is -0.126. The van der Waals surface area contributed by atoms with Crippen LogP contribution in [-0.2, 0) is 16.1 Å². The van der Waals surface area contributed by atoms with Crippen LogP contribution in [0.3, 0.4) is 0 Å². The number of halogens is 1. The summed E-state index contributed by atoms with van der Waals surface area (Å²) in [6.45, 7) is 1.46. The van der Waals surface area contributed by atoms with Gasteiger partial charge in [0.25, 0.3) is 5.91 Å². The van der Waals surface area contributed by atoms with Crippen LogP contribution in [0.25, 0.3) is 0 Å². The van der Waals surface area contributed by atoms with Gasteiger partial charge in [-0.05, 0) is 18.6 Å². The maximum atomic E-state index is 14.6. The summed E-state index contributed by atoms with van der Waals surface area (Å²) in [5.74, 6) is -2.87. The second-order valence-corrected chi connectivity index (χ2v) is 4.88. The van der Waals surface area contributed by atoms with Crippen LogP contribution in [0.15, 0.2) is 24.3 Å². The Morgan fingerprint density at radius 2 is 2.20 bits per heavy atom. The van der Waals surface area contributed by atoms with Crippen LogP contribution < -0.4 is 5.32 Å². The molecule has 0 saturated carbocycles. The van der Waals surface area contributed by atoms with E-state index in [2.05, 4.69) is 0 Å². The minimum Gasteiger partial charge on any atom is -0.302 e. The highest BCUT2D eigenvalue weighted by molar-refractivity contribution is 5.98. The average Bonchev–Trinajstić information content (AvgIpc) is 2.76. The first-order chi connectivity index (χ1) is 9.45. The predicted octanol–water partition coefficient (Wildman–Crippen LogP) is 1.38. The molecule has 0 aliphatic carbocycles. The van der Waals surface area contributed by atoms with Crippen molar-refractivity contribution in [1.29, 1.82) is 0 Å². The molecule has 1 heterocycles. The molecule has 0 saturated heterocycles. The molecule has 3 amide bonds. The average molecular weight is 278 g/mol. The molecule has 1 N–H and O–H groups in total. The maximum Gasteiger partial charge on any atom is 0.256 e. The molecule has 1 aliphatic rings. The highest BCUT2D eigenvalue weighted by Gasteiger charge is 2.40. The van der Waals surface area contributed by atoms with Crippen molar-refractivity contribution in [3.8, 4) is 0 Å². The Morgan fingerprint density at radius 3 is 2.85 bits per heavy atom. The molecule has 1 atom stereocenters. The summed E-state index contributed by atoms with van der Waals surface area (Å²) in [6.07, 6.45) is -0.0625. The number of nitrogens with one attached hydrogen (secondary N) is 1. The fourth-order valence-electron chi connectivity index (χ4n) is 2.25. The lowest BCUT2D eigenvalue weighted by Crippen LogP contribution is -2.43. The first-order valence-corrected chi connectivity index (χ1v) is 6.27. The van der Waals surface area contributed by atoms with E-state index >= 15 is 0 Å². The molecule has 0 bridgehead atoms. The van der Waals surface area contributed by atoms with Gasteiger partial charge in [0.1, 0.15) is 0 Å². The van der Waals surface area contributed by atoms with Gasteiger partial charge in [-0.15, -0.1) is 0 Å². The first-order valence-electron chi connectivity index (χ1n) is 6.27. The standard InChI is InChI=1S/C14H15FN2O3/c1-14(15,7-6-12(19)16-9-18)17-8-10-4-2-3-5-11(10)13(17)20/h2-5,9H,6-8H2,1H3,(H,16,18,19)/t14-/m0/s1. The number of fused-ring (bicyclic) bond motifs is 1. The van der Waals surface area contributed by atoms with Crippen molar-refractivity contribution in [2.45, 2.75) is 32.1 Å². The molecule has 1 aromatic rings. The van der Waals surface area contributed by atoms with Gasteiger partial charge in [0, 0.05) is 24.9 Å². The molecule has 106 valence electrons. The number of hydrogen-bond acceptors (Lipinski definition) is 3. The zero-order chi connectivity index (χ0) is 14.8. The van der Waals surface area contributed by atoms with Gasteiger partial charge in [0.15, 0.2) is 5.79 Å². The molecule has 0 spiro atoms. The Morgan fingerprint density at radius 1 is 1.50 bits per heavy atom. The Bertz CT molecular complexity index is 557. The number of amides is 3. The summed E-state index contributed by atoms with van der Waals surface area (Å²) in [5.41, 5.74) is 1.27. The van der Waals surface area contributed by atoms with Gasteiger partial charge in [0.2, 0.25) is 12.3 Å². The number of imide groups is 1. The maximum absolute atomic E-state index is 14.6. The number of carbonyl (C=O) groups is 3. The molecule has 5 nitrogen and oxygen atoms in total. The minimum atomic E-state index is -1.93. The van der Waals surface area contributed by atoms with E-state index < -0.39 is 11.7 Å². The van der Waals surface area contributed by atoms with Crippen LogP contribution in [0.2, 0.25) is 0 Å². The number of alkyl halides is 1. The van der Waals surface area contributed by atoms with Crippen LogP contribution in [0.5, 0.6) is 0 Å². The van der Waals surface area contributed by atoms with E-state index in [4.69, 9.17) is 0 Å². The number of nitrogens with zero attached hydrogens (tertiary/aromatic N) is 1. The number of hydrogen-bond donors (Lipinski definition) is 1. The van der Waals surface area contributed by atoms with Gasteiger partial charge in [-0.1, -0.05) is 18.2 Å². The Balaban J connectivity index is 2.06. The van der Waals surface area contributed by atoms with Crippen molar-refractivity contribution in [3.63, 3.8) is 0 Å². The molecule has 1 aromatic carbocycles. The number of benzene rings is 1. The van der Waals surface area contributed by atoms with Crippen LogP contribution in [0.4, 0.5) is 4.39 Å². The van der Waals surface area contributed by atoms with E-state index in [0.29, 0.717) is 5.56 Å². The molecule has 0 radical (unpaired) electrons. The smallest absolute Gasteiger partial charge is 0.256 e. The van der Waals surface area contributed by atoms with Crippen LogP contribution in [0, 0.1) is 0 Å². The van der Waals surface area contributed by atoms with Gasteiger partial charge in [0.05, 0.1) is 0 Å². The van der Waals surface area contributed by atoms with Crippen molar-refractivity contribution in [2.24, 2.45) is 0 Å². The molecular weight excluding hydrogens is 263 g/mol. The third kappa shape index (κ3) is 2.68. The zero-order valence-electron chi connectivity index (χ0n) is 11.1. The fourth-order valence-corrected chi connectivity index (χ4v) is 2.25. The topological polar surface area (TPSA) is 66.5 Å². The molecule has 1 aliphatic heterocycles. The van der Waals surface area contributed by atoms with Gasteiger partial charge < -0.3 is 4.90 Å². The second-order valence-electron chi connectivity index (χ2n) is 4.88. The summed E-state index contributed by atoms with van der Waals surface area (Å²) in [7, 11) is 0. The van der Waals surface area contributed by atoms with E-state index in [1.807, 2.05) is 5.32 Å². The van der Waals surface area contributed by atoms with Crippen LogP contribution in [-0.4, -0.2) is 28.9 Å². The Kier molecular flexibility index (Phi) is 3.83. The van der Waals surface area contributed by atoms with Gasteiger partial charge in [-0.2, -0.15) is 0 Å². The van der Waals surface area contributed by atoms with E-state index in [1.165, 1.54) is 6.92 Å². The van der Waals surface area contributed by atoms with Crippen molar-refractivity contribution in [2.75, 3.05) is 0 Å². The third-order valence-corrected chi connectivity index (χ3v) is 3.41. The van der Waals surface area contributed by atoms with Gasteiger partial charge in [-0.25, -0.2) is 4.39 Å². The van der Waals surface area contributed by atoms with Gasteiger partial charge in [-0.3, -0.25) is 19.7 Å². The van der Waals surface area contributed by atoms with Crippen molar-refractivity contribution >= 4 is 18.2 Å². The van der Waals surface area contributed by atoms with Crippen LogP contribution >= 0.6 is 0 Å². The van der Waals surface area contributed by atoms with Crippen LogP contribution in [0.1, 0.15) is 35.7 Å². The molecule has 0 unspecified atom stereocenters. The Labute approximate surface area is 115 Å². The Hall–Kier alpha value is -2.24. The molecule has 0 aromatic heterocycles. The minimum absolute atomic E-state index is 0.160. The SMILES string of the molecule is C[C@@](F)(CCC(=O)NC=O)N1Cc2ccccc2C1=O. The largest absolute Gasteiger partial charge is 0.302 e. The predicted molar refractivity (Wildman–Crippen MR) is 69.3 cm³/mol. The quantitative estimate of drug-likeness (QED) is 0.653. The monoisotopic (exact) mass is 278 g/mol. The summed E-state index contributed by atoms with van der Waals surface area (Å²) in [4.78, 5) is 34.6. The summed E-state index contributed by atoms with van der Waals surface area (Å²) in [5, 5.41) is 1.95. The fraction of sp³-hybridized carbons (Fsp3) is 0.357. The van der Waals surface area contributed by atoms with Crippen molar-refractivity contribution in [3.05, 3.63) is 35.4 Å². The highest BCUT2D eigenvalue weighted by Crippen LogP contribution is 2.32. The third-order valence-electron chi connectivity index (χ3n) is 3.41. The zero-order valence-corrected chi connectivity index (χ0v) is 11.1. The molecule has 2 rings (SSSR count). The lowest BCUT2D eigenvalue weighted by Gasteiger charge is -2.31. The summed E-state index contributed by atoms with van der Waals surface area (Å²) < 4.78 is 14.6. The number of carbonyl (C=O) groups excluding carboxylic acids is 3.